The van der Waals surface area contributed by atoms with Crippen molar-refractivity contribution in [1.29, 1.82) is 0 Å². The summed E-state index contributed by atoms with van der Waals surface area (Å²) >= 11 is 0. The Bertz CT molecular complexity index is 1670. The van der Waals surface area contributed by atoms with E-state index < -0.39 is 0 Å². The first-order chi connectivity index (χ1) is 21.5. The van der Waals surface area contributed by atoms with Gasteiger partial charge in [-0.15, -0.1) is 0 Å². The minimum absolute atomic E-state index is 0.240. The number of hydrogen-bond donors (Lipinski definition) is 2. The third kappa shape index (κ3) is 7.35. The van der Waals surface area contributed by atoms with Gasteiger partial charge in [0.1, 0.15) is 5.69 Å². The Hall–Kier alpha value is -4.48. The topological polar surface area (TPSA) is 67.2 Å². The van der Waals surface area contributed by atoms with Crippen molar-refractivity contribution in [3.63, 3.8) is 0 Å². The molecule has 4 aromatic carbocycles. The summed E-state index contributed by atoms with van der Waals surface area (Å²) in [4.78, 5) is 13.1. The van der Waals surface area contributed by atoms with Crippen LogP contribution in [0.15, 0.2) is 102 Å². The molecule has 0 bridgehead atoms. The predicted molar refractivity (Wildman–Crippen MR) is 180 cm³/mol. The number of fused-ring (bicyclic) bond motifs is 1. The van der Waals surface area contributed by atoms with E-state index in [4.69, 9.17) is 4.52 Å². The molecule has 2 heterocycles. The summed E-state index contributed by atoms with van der Waals surface area (Å²) in [5.41, 5.74) is 11.1. The Morgan fingerprint density at radius 2 is 1.61 bits per heavy atom. The minimum atomic E-state index is -0.240. The predicted octanol–water partition coefficient (Wildman–Crippen LogP) is 8.37. The van der Waals surface area contributed by atoms with E-state index in [0.717, 1.165) is 60.3 Å². The number of aromatic nitrogens is 1. The third-order valence-corrected chi connectivity index (χ3v) is 8.16. The van der Waals surface area contributed by atoms with Gasteiger partial charge in [0.15, 0.2) is 0 Å². The van der Waals surface area contributed by atoms with Crippen molar-refractivity contribution < 1.29 is 9.32 Å². The molecule has 5 nitrogen and oxygen atoms in total. The summed E-state index contributed by atoms with van der Waals surface area (Å²) in [6, 6.07) is 34.0. The molecular formula is C39H43N3O2. The average Bonchev–Trinajstić information content (AvgIpc) is 3.51. The van der Waals surface area contributed by atoms with Crippen molar-refractivity contribution in [1.82, 2.24) is 15.8 Å². The molecule has 0 atom stereocenters. The van der Waals surface area contributed by atoms with Gasteiger partial charge in [-0.05, 0) is 83.7 Å². The van der Waals surface area contributed by atoms with Crippen LogP contribution in [-0.4, -0.2) is 24.2 Å². The van der Waals surface area contributed by atoms with Gasteiger partial charge in [0.05, 0.1) is 5.56 Å². The van der Waals surface area contributed by atoms with Crippen molar-refractivity contribution >= 4 is 5.91 Å². The molecule has 0 radical (unpaired) electrons. The number of hydrogen-bond acceptors (Lipinski definition) is 4. The molecule has 44 heavy (non-hydrogen) atoms. The molecule has 1 aliphatic rings. The first-order valence-electron chi connectivity index (χ1n) is 15.8. The fourth-order valence-corrected chi connectivity index (χ4v) is 5.63. The lowest BCUT2D eigenvalue weighted by atomic mass is 9.88. The Morgan fingerprint density at radius 1 is 0.886 bits per heavy atom. The van der Waals surface area contributed by atoms with Gasteiger partial charge in [-0.25, -0.2) is 0 Å². The smallest absolute Gasteiger partial charge is 0.290 e. The largest absolute Gasteiger partial charge is 0.350 e. The Morgan fingerprint density at radius 3 is 2.27 bits per heavy atom. The first-order valence-corrected chi connectivity index (χ1v) is 15.8. The molecule has 5 aromatic rings. The van der Waals surface area contributed by atoms with Crippen LogP contribution in [0.2, 0.25) is 0 Å². The number of carbonyl (C=O) groups excluding carboxylic acids is 1. The number of benzene rings is 4. The number of aryl methyl sites for hydroxylation is 1. The third-order valence-electron chi connectivity index (χ3n) is 8.16. The molecular weight excluding hydrogens is 542 g/mol. The van der Waals surface area contributed by atoms with Gasteiger partial charge >= 0.3 is 0 Å². The van der Waals surface area contributed by atoms with Crippen LogP contribution < -0.4 is 10.6 Å². The van der Waals surface area contributed by atoms with E-state index in [2.05, 4.69) is 121 Å². The van der Waals surface area contributed by atoms with E-state index in [1.54, 1.807) is 0 Å². The maximum atomic E-state index is 13.1. The molecule has 0 saturated carbocycles. The van der Waals surface area contributed by atoms with Crippen LogP contribution >= 0.6 is 0 Å². The zero-order valence-corrected chi connectivity index (χ0v) is 26.3. The minimum Gasteiger partial charge on any atom is -0.350 e. The summed E-state index contributed by atoms with van der Waals surface area (Å²) in [7, 11) is 0. The van der Waals surface area contributed by atoms with Gasteiger partial charge in [0.25, 0.3) is 5.91 Å². The van der Waals surface area contributed by atoms with Gasteiger partial charge in [0.2, 0.25) is 5.76 Å². The van der Waals surface area contributed by atoms with Gasteiger partial charge in [-0.3, -0.25) is 4.79 Å². The first kappa shape index (κ1) is 31.0. The molecule has 0 unspecified atom stereocenters. The Kier molecular flexibility index (Phi) is 10.4. The fraction of sp³-hybridized carbons (Fsp3) is 0.282. The maximum Gasteiger partial charge on any atom is 0.290 e. The lowest BCUT2D eigenvalue weighted by Crippen LogP contribution is -2.24. The Labute approximate surface area is 261 Å². The molecule has 6 rings (SSSR count). The highest BCUT2D eigenvalue weighted by molar-refractivity contribution is 6.02. The van der Waals surface area contributed by atoms with Crippen LogP contribution in [-0.2, 0) is 25.8 Å². The summed E-state index contributed by atoms with van der Waals surface area (Å²) in [5, 5.41) is 10.9. The summed E-state index contributed by atoms with van der Waals surface area (Å²) in [6.45, 7) is 10.8. The summed E-state index contributed by atoms with van der Waals surface area (Å²) < 4.78 is 5.79. The molecule has 1 aromatic heterocycles. The average molecular weight is 586 g/mol. The highest BCUT2D eigenvalue weighted by atomic mass is 16.5. The number of nitrogens with zero attached hydrogens (tertiary/aromatic N) is 1. The van der Waals surface area contributed by atoms with Crippen molar-refractivity contribution in [3.8, 4) is 22.4 Å². The van der Waals surface area contributed by atoms with E-state index in [9.17, 15) is 4.79 Å². The summed E-state index contributed by atoms with van der Waals surface area (Å²) in [5.74, 6) is 0.389. The van der Waals surface area contributed by atoms with Gasteiger partial charge in [-0.1, -0.05) is 117 Å². The molecule has 2 N–H and O–H groups in total. The monoisotopic (exact) mass is 585 g/mol. The van der Waals surface area contributed by atoms with Crippen LogP contribution in [0.4, 0.5) is 0 Å². The number of amides is 1. The van der Waals surface area contributed by atoms with E-state index in [1.165, 1.54) is 27.8 Å². The number of rotatable bonds is 8. The highest BCUT2D eigenvalue weighted by Crippen LogP contribution is 2.39. The molecule has 1 aliphatic heterocycles. The van der Waals surface area contributed by atoms with Crippen molar-refractivity contribution in [3.05, 3.63) is 136 Å². The van der Waals surface area contributed by atoms with Crippen LogP contribution in [0, 0.1) is 0 Å². The van der Waals surface area contributed by atoms with Crippen LogP contribution in [0.1, 0.15) is 77.5 Å². The number of carbonyl (C=O) groups is 1. The second-order valence-electron chi connectivity index (χ2n) is 11.6. The van der Waals surface area contributed by atoms with Gasteiger partial charge < -0.3 is 15.2 Å². The maximum absolute atomic E-state index is 13.1. The lowest BCUT2D eigenvalue weighted by molar-refractivity contribution is 0.0920. The number of nitrogens with one attached hydrogen (secondary N) is 2. The zero-order chi connectivity index (χ0) is 30.9. The molecule has 0 saturated heterocycles. The molecule has 5 heteroatoms. The van der Waals surface area contributed by atoms with Crippen molar-refractivity contribution in [2.45, 2.75) is 59.4 Å². The van der Waals surface area contributed by atoms with E-state index in [-0.39, 0.29) is 11.7 Å². The zero-order valence-electron chi connectivity index (χ0n) is 26.3. The fourth-order valence-electron chi connectivity index (χ4n) is 5.63. The van der Waals surface area contributed by atoms with Gasteiger partial charge in [0, 0.05) is 18.7 Å². The van der Waals surface area contributed by atoms with Crippen molar-refractivity contribution in [2.75, 3.05) is 13.1 Å². The quantitative estimate of drug-likeness (QED) is 0.192. The highest BCUT2D eigenvalue weighted by Gasteiger charge is 2.27. The second kappa shape index (κ2) is 14.8. The van der Waals surface area contributed by atoms with Crippen LogP contribution in [0.25, 0.3) is 22.4 Å². The Balaban J connectivity index is 0.000000418. The van der Waals surface area contributed by atoms with E-state index >= 15 is 0 Å². The van der Waals surface area contributed by atoms with Crippen molar-refractivity contribution in [2.24, 2.45) is 0 Å². The van der Waals surface area contributed by atoms with E-state index in [0.29, 0.717) is 12.5 Å². The molecule has 226 valence electrons. The summed E-state index contributed by atoms with van der Waals surface area (Å²) in [6.07, 6.45) is 2.87. The standard InChI is InChI=1S/C31H33N3O2.C8H10/c1-4-33-31(35)30-28(25-12-13-26-19-32-15-14-23(26)17-25)29(34-36-30)27-18-22(20(2)3)10-11-24(27)16-21-8-6-5-7-9-21;1-2-8-6-4-3-5-7-8/h5-13,17-18,20,32H,4,14-16,19H2,1-3H3,(H,33,35);3-7H,2H2,1H3. The SMILES string of the molecule is CCNC(=O)c1onc(-c2cc(C(C)C)ccc2Cc2ccccc2)c1-c1ccc2c(c1)CCNC2.CCc1ccccc1. The normalized spacial score (nSPS) is 12.3. The molecule has 1 amide bonds. The molecule has 0 fully saturated rings. The second-order valence-corrected chi connectivity index (χ2v) is 11.6. The van der Waals surface area contributed by atoms with Gasteiger partial charge in [-0.2, -0.15) is 0 Å². The molecule has 0 spiro atoms. The van der Waals surface area contributed by atoms with Crippen LogP contribution in [0.3, 0.4) is 0 Å². The van der Waals surface area contributed by atoms with Crippen LogP contribution in [0.5, 0.6) is 0 Å². The lowest BCUT2D eigenvalue weighted by Gasteiger charge is -2.18. The van der Waals surface area contributed by atoms with E-state index in [1.807, 2.05) is 19.1 Å². The molecule has 0 aliphatic carbocycles.